The summed E-state index contributed by atoms with van der Waals surface area (Å²) in [6, 6.07) is 15.7. The predicted molar refractivity (Wildman–Crippen MR) is 175 cm³/mol. The maximum absolute atomic E-state index is 8.61. The molecule has 0 spiro atoms. The van der Waals surface area contributed by atoms with E-state index < -0.39 is 60.4 Å². The number of fused-ring (bicyclic) bond motifs is 5. The van der Waals surface area contributed by atoms with Crippen LogP contribution < -0.4 is 0 Å². The number of benzene rings is 5. The molecule has 7 aromatic rings. The van der Waals surface area contributed by atoms with Gasteiger partial charge in [-0.2, -0.15) is 0 Å². The third-order valence-electron chi connectivity index (χ3n) is 7.30. The van der Waals surface area contributed by atoms with Crippen LogP contribution in [0.5, 0.6) is 0 Å². The fourth-order valence-electron chi connectivity index (χ4n) is 5.28. The Morgan fingerprint density at radius 1 is 0.605 bits per heavy atom. The minimum atomic E-state index is -0.600. The van der Waals surface area contributed by atoms with Gasteiger partial charge >= 0.3 is 0 Å². The summed E-state index contributed by atoms with van der Waals surface area (Å²) >= 11 is 1.70. The Balaban J connectivity index is 1.34. The fourth-order valence-corrected chi connectivity index (χ4v) is 6.45. The van der Waals surface area contributed by atoms with Gasteiger partial charge < -0.3 is 0 Å². The van der Waals surface area contributed by atoms with Gasteiger partial charge in [-0.15, -0.1) is 0 Å². The average Bonchev–Trinajstić information content (AvgIpc) is 3.52. The maximum Gasteiger partial charge on any atom is 0.174 e. The van der Waals surface area contributed by atoms with Crippen LogP contribution in [0.15, 0.2) is 132 Å². The van der Waals surface area contributed by atoms with Crippen LogP contribution in [0.25, 0.3) is 62.0 Å². The summed E-state index contributed by atoms with van der Waals surface area (Å²) < 4.78 is 85.5. The first-order valence-corrected chi connectivity index (χ1v) is 14.3. The molecule has 0 aliphatic carbocycles. The second-order valence-electron chi connectivity index (χ2n) is 10.4. The number of hydrogen-bond donors (Lipinski definition) is 0. The Morgan fingerprint density at radius 3 is 1.91 bits per heavy atom. The molecule has 0 atom stereocenters. The maximum atomic E-state index is 8.61. The average molecular weight is 584 g/mol. The van der Waals surface area contributed by atoms with Gasteiger partial charge in [0.05, 0.1) is 30.4 Å². The van der Waals surface area contributed by atoms with Crippen molar-refractivity contribution in [3.8, 4) is 51.0 Å². The van der Waals surface area contributed by atoms with Gasteiger partial charge in [0.25, 0.3) is 0 Å². The molecule has 0 amide bonds. The third-order valence-corrected chi connectivity index (χ3v) is 8.49. The van der Waals surface area contributed by atoms with Crippen molar-refractivity contribution in [2.75, 3.05) is 0 Å². The highest BCUT2D eigenvalue weighted by molar-refractivity contribution is 8.00. The van der Waals surface area contributed by atoms with Crippen LogP contribution in [0.4, 0.5) is 0 Å². The van der Waals surface area contributed by atoms with E-state index in [0.29, 0.717) is 5.56 Å². The molecule has 0 N–H and O–H groups in total. The van der Waals surface area contributed by atoms with E-state index in [1.54, 1.807) is 23.9 Å². The van der Waals surface area contributed by atoms with Crippen molar-refractivity contribution in [3.63, 3.8) is 0 Å². The Hall–Kier alpha value is -5.07. The van der Waals surface area contributed by atoms with Gasteiger partial charge in [0.2, 0.25) is 0 Å². The van der Waals surface area contributed by atoms with Crippen molar-refractivity contribution in [2.45, 2.75) is 23.8 Å². The van der Waals surface area contributed by atoms with Crippen molar-refractivity contribution in [1.82, 2.24) is 24.5 Å². The Kier molecular flexibility index (Phi) is 4.00. The standard InChI is InChI=1S/C37H27N5S/c1-37(2)29-21-20-27(23-32(29)42-31-19-10-9-18-30(31)38-36(42)43-37)26-16-11-17-28(22-26)35-40-33(24-12-5-3-6-13-24)39-34(41-35)25-14-7-4-8-15-25/h3-23H,1-2H3/i3D,4D,5D,6D,7D,8D,12D,13D,14D,15D. The smallest absolute Gasteiger partial charge is 0.174 e. The van der Waals surface area contributed by atoms with E-state index in [0.717, 1.165) is 38.6 Å². The molecule has 1 aliphatic rings. The monoisotopic (exact) mass is 583 g/mol. The lowest BCUT2D eigenvalue weighted by Crippen LogP contribution is -2.21. The SMILES string of the molecule is [2H]c1c([2H])c([2H])c(-c2nc(-c3cccc(-c4ccc5c(c4)-n4c(nc6ccccc64)SC5(C)C)c3)nc(-c3c([2H])c([2H])c([2H])c([2H])c3[2H])n2)c([2H])c1[2H]. The van der Waals surface area contributed by atoms with E-state index in [9.17, 15) is 0 Å². The van der Waals surface area contributed by atoms with Crippen LogP contribution in [0.1, 0.15) is 33.1 Å². The van der Waals surface area contributed by atoms with Crippen LogP contribution in [-0.2, 0) is 4.75 Å². The number of rotatable bonds is 4. The first-order chi connectivity index (χ1) is 25.2. The molecule has 8 rings (SSSR count). The summed E-state index contributed by atoms with van der Waals surface area (Å²) in [7, 11) is 0. The normalized spacial score (nSPS) is 16.7. The summed E-state index contributed by atoms with van der Waals surface area (Å²) in [5.74, 6) is -0.622. The highest BCUT2D eigenvalue weighted by Crippen LogP contribution is 2.49. The van der Waals surface area contributed by atoms with Crippen LogP contribution in [0.3, 0.4) is 0 Å². The summed E-state index contributed by atoms with van der Waals surface area (Å²) in [6.45, 7) is 4.33. The zero-order chi connectivity index (χ0) is 37.7. The fraction of sp³-hybridized carbons (Fsp3) is 0.0811. The molecule has 0 radical (unpaired) electrons. The minimum Gasteiger partial charge on any atom is -0.287 e. The first-order valence-electron chi connectivity index (χ1n) is 18.5. The molecule has 206 valence electrons. The third kappa shape index (κ3) is 4.51. The van der Waals surface area contributed by atoms with Crippen molar-refractivity contribution >= 4 is 22.8 Å². The largest absolute Gasteiger partial charge is 0.287 e. The van der Waals surface area contributed by atoms with Crippen LogP contribution in [-0.4, -0.2) is 24.5 Å². The molecule has 5 aromatic carbocycles. The van der Waals surface area contributed by atoms with Crippen LogP contribution in [0.2, 0.25) is 0 Å². The van der Waals surface area contributed by atoms with Crippen molar-refractivity contribution in [2.24, 2.45) is 0 Å². The minimum absolute atomic E-state index is 0.00357. The number of imidazole rings is 1. The summed E-state index contributed by atoms with van der Waals surface area (Å²) in [6.07, 6.45) is 0. The molecule has 43 heavy (non-hydrogen) atoms. The highest BCUT2D eigenvalue weighted by Gasteiger charge is 2.34. The second-order valence-corrected chi connectivity index (χ2v) is 12.0. The molecule has 5 nitrogen and oxygen atoms in total. The molecular formula is C37H27N5S. The van der Waals surface area contributed by atoms with E-state index in [2.05, 4.69) is 45.5 Å². The zero-order valence-corrected chi connectivity index (χ0v) is 23.8. The van der Waals surface area contributed by atoms with Gasteiger partial charge in [-0.3, -0.25) is 4.57 Å². The van der Waals surface area contributed by atoms with Gasteiger partial charge in [0.1, 0.15) is 0 Å². The van der Waals surface area contributed by atoms with Gasteiger partial charge in [-0.25, -0.2) is 19.9 Å². The molecule has 0 saturated carbocycles. The molecule has 3 heterocycles. The van der Waals surface area contributed by atoms with Gasteiger partial charge in [0, 0.05) is 21.4 Å². The topological polar surface area (TPSA) is 56.5 Å². The van der Waals surface area contributed by atoms with E-state index in [4.69, 9.17) is 18.7 Å². The van der Waals surface area contributed by atoms with Crippen molar-refractivity contribution in [3.05, 3.63) is 133 Å². The van der Waals surface area contributed by atoms with E-state index in [1.165, 1.54) is 0 Å². The molecule has 2 aromatic heterocycles. The lowest BCUT2D eigenvalue weighted by Gasteiger charge is -2.32. The highest BCUT2D eigenvalue weighted by atomic mass is 32.2. The molecule has 6 heteroatoms. The number of thioether (sulfide) groups is 1. The lowest BCUT2D eigenvalue weighted by molar-refractivity contribution is 0.729. The number of nitrogens with zero attached hydrogens (tertiary/aromatic N) is 5. The van der Waals surface area contributed by atoms with E-state index >= 15 is 0 Å². The Morgan fingerprint density at radius 2 is 1.21 bits per heavy atom. The second kappa shape index (κ2) is 10.0. The number of hydrogen-bond acceptors (Lipinski definition) is 5. The van der Waals surface area contributed by atoms with Crippen molar-refractivity contribution < 1.29 is 13.7 Å². The Bertz CT molecular complexity index is 2570. The summed E-state index contributed by atoms with van der Waals surface area (Å²) in [5, 5.41) is 0.889. The summed E-state index contributed by atoms with van der Waals surface area (Å²) in [5.41, 5.74) is 5.51. The quantitative estimate of drug-likeness (QED) is 0.207. The zero-order valence-electron chi connectivity index (χ0n) is 33.0. The van der Waals surface area contributed by atoms with E-state index in [1.807, 2.05) is 42.5 Å². The number of aromatic nitrogens is 5. The molecule has 1 aliphatic heterocycles. The van der Waals surface area contributed by atoms with Gasteiger partial charge in [-0.1, -0.05) is 115 Å². The van der Waals surface area contributed by atoms with E-state index in [-0.39, 0.29) is 33.3 Å². The molecule has 0 bridgehead atoms. The first kappa shape index (κ1) is 17.1. The molecule has 0 saturated heterocycles. The predicted octanol–water partition coefficient (Wildman–Crippen LogP) is 9.22. The Labute approximate surface area is 268 Å². The number of para-hydroxylation sites is 2. The van der Waals surface area contributed by atoms with Crippen LogP contribution >= 0.6 is 11.8 Å². The van der Waals surface area contributed by atoms with Gasteiger partial charge in [-0.05, 0) is 54.8 Å². The molecular weight excluding hydrogens is 547 g/mol. The molecule has 0 fully saturated rings. The lowest BCUT2D eigenvalue weighted by atomic mass is 9.94. The van der Waals surface area contributed by atoms with Crippen molar-refractivity contribution in [1.29, 1.82) is 0 Å². The molecule has 0 unspecified atom stereocenters. The van der Waals surface area contributed by atoms with Gasteiger partial charge in [0.15, 0.2) is 22.6 Å². The summed E-state index contributed by atoms with van der Waals surface area (Å²) in [4.78, 5) is 18.4. The van der Waals surface area contributed by atoms with Crippen LogP contribution in [0, 0.1) is 0 Å².